The molecule has 1 aromatic heterocycles. The molecule has 3 aromatic rings. The van der Waals surface area contributed by atoms with Crippen LogP contribution in [0.3, 0.4) is 0 Å². The average Bonchev–Trinajstić information content (AvgIpc) is 2.98. The smallest absolute Gasteiger partial charge is 0.324 e. The summed E-state index contributed by atoms with van der Waals surface area (Å²) in [6, 6.07) is 13.6. The molecule has 0 aliphatic heterocycles. The van der Waals surface area contributed by atoms with Gasteiger partial charge in [-0.25, -0.2) is 4.72 Å². The minimum absolute atomic E-state index is 0.235. The van der Waals surface area contributed by atoms with Gasteiger partial charge in [-0.3, -0.25) is 9.52 Å². The number of amides is 1. The van der Waals surface area contributed by atoms with E-state index < -0.39 is 16.1 Å². The summed E-state index contributed by atoms with van der Waals surface area (Å²) in [4.78, 5) is 15.2. The molecule has 0 bridgehead atoms. The lowest BCUT2D eigenvalue weighted by Gasteiger charge is -2.12. The number of nitrogens with one attached hydrogen (secondary N) is 3. The lowest BCUT2D eigenvalue weighted by Crippen LogP contribution is -2.35. The number of rotatable bonds is 5. The molecule has 124 valence electrons. The maximum atomic E-state index is 12.3. The molecule has 24 heavy (non-hydrogen) atoms. The van der Waals surface area contributed by atoms with Gasteiger partial charge < -0.3 is 9.72 Å². The molecular formula is C16H15N3O4S. The average molecular weight is 345 g/mol. The van der Waals surface area contributed by atoms with E-state index in [4.69, 9.17) is 4.74 Å². The van der Waals surface area contributed by atoms with Gasteiger partial charge in [-0.2, -0.15) is 8.42 Å². The van der Waals surface area contributed by atoms with Crippen LogP contribution in [0.1, 0.15) is 10.4 Å². The normalized spacial score (nSPS) is 11.2. The number of fused-ring (bicyclic) bond motifs is 1. The highest BCUT2D eigenvalue weighted by Crippen LogP contribution is 2.24. The molecule has 3 N–H and O–H groups in total. The molecule has 0 saturated heterocycles. The monoisotopic (exact) mass is 345 g/mol. The summed E-state index contributed by atoms with van der Waals surface area (Å²) < 4.78 is 33.8. The lowest BCUT2D eigenvalue weighted by molar-refractivity contribution is 0.0983. The summed E-state index contributed by atoms with van der Waals surface area (Å²) in [6.45, 7) is 0. The first-order chi connectivity index (χ1) is 11.5. The summed E-state index contributed by atoms with van der Waals surface area (Å²) >= 11 is 0. The Bertz CT molecular complexity index is 995. The molecule has 0 fully saturated rings. The Morgan fingerprint density at radius 2 is 1.79 bits per heavy atom. The van der Waals surface area contributed by atoms with Crippen LogP contribution in [0.25, 0.3) is 10.9 Å². The number of benzene rings is 2. The molecule has 0 unspecified atom stereocenters. The zero-order chi connectivity index (χ0) is 17.2. The first kappa shape index (κ1) is 15.9. The fourth-order valence-electron chi connectivity index (χ4n) is 2.34. The number of H-pyrrole nitrogens is 1. The van der Waals surface area contributed by atoms with Gasteiger partial charge in [-0.15, -0.1) is 0 Å². The van der Waals surface area contributed by atoms with E-state index in [-0.39, 0.29) is 11.3 Å². The van der Waals surface area contributed by atoms with Crippen molar-refractivity contribution in [3.8, 4) is 5.75 Å². The maximum absolute atomic E-state index is 12.3. The number of aromatic amines is 1. The minimum atomic E-state index is -4.10. The van der Waals surface area contributed by atoms with E-state index in [0.717, 1.165) is 5.52 Å². The number of ether oxygens (including phenoxy) is 1. The number of aromatic nitrogens is 1. The van der Waals surface area contributed by atoms with Gasteiger partial charge in [0.05, 0.1) is 18.4 Å². The summed E-state index contributed by atoms with van der Waals surface area (Å²) in [5, 5.41) is 0.641. The SMILES string of the molecule is COc1ccccc1NS(=O)(=O)NC(=O)c1c[nH]c2ccccc12. The molecule has 0 saturated carbocycles. The van der Waals surface area contributed by atoms with E-state index in [1.807, 2.05) is 10.8 Å². The van der Waals surface area contributed by atoms with E-state index in [1.54, 1.807) is 36.4 Å². The van der Waals surface area contributed by atoms with Crippen LogP contribution in [-0.4, -0.2) is 26.4 Å². The van der Waals surface area contributed by atoms with Gasteiger partial charge >= 0.3 is 10.2 Å². The highest BCUT2D eigenvalue weighted by atomic mass is 32.2. The van der Waals surface area contributed by atoms with Crippen molar-refractivity contribution in [3.63, 3.8) is 0 Å². The summed E-state index contributed by atoms with van der Waals surface area (Å²) in [7, 11) is -2.68. The molecule has 0 aliphatic carbocycles. The van der Waals surface area contributed by atoms with E-state index in [1.165, 1.54) is 19.4 Å². The van der Waals surface area contributed by atoms with Crippen molar-refractivity contribution in [1.82, 2.24) is 9.71 Å². The van der Waals surface area contributed by atoms with Crippen LogP contribution in [0.5, 0.6) is 5.75 Å². The zero-order valence-corrected chi connectivity index (χ0v) is 13.6. The van der Waals surface area contributed by atoms with Gasteiger partial charge in [0.15, 0.2) is 0 Å². The molecule has 0 radical (unpaired) electrons. The highest BCUT2D eigenvalue weighted by Gasteiger charge is 2.19. The Kier molecular flexibility index (Phi) is 4.13. The molecule has 0 spiro atoms. The third-order valence-corrected chi connectivity index (χ3v) is 4.35. The third-order valence-electron chi connectivity index (χ3n) is 3.41. The Labute approximate surface area is 138 Å². The molecule has 7 nitrogen and oxygen atoms in total. The third kappa shape index (κ3) is 3.18. The van der Waals surface area contributed by atoms with E-state index in [0.29, 0.717) is 11.1 Å². The Hall–Kier alpha value is -3.00. The maximum Gasteiger partial charge on any atom is 0.324 e. The first-order valence-electron chi connectivity index (χ1n) is 7.04. The van der Waals surface area contributed by atoms with E-state index >= 15 is 0 Å². The minimum Gasteiger partial charge on any atom is -0.495 e. The van der Waals surface area contributed by atoms with E-state index in [2.05, 4.69) is 9.71 Å². The van der Waals surface area contributed by atoms with E-state index in [9.17, 15) is 13.2 Å². The van der Waals surface area contributed by atoms with Crippen molar-refractivity contribution >= 4 is 32.7 Å². The molecular weight excluding hydrogens is 330 g/mol. The van der Waals surface area contributed by atoms with Crippen LogP contribution < -0.4 is 14.2 Å². The number of carbonyl (C=O) groups is 1. The van der Waals surface area contributed by atoms with Crippen LogP contribution in [0.4, 0.5) is 5.69 Å². The molecule has 1 amide bonds. The van der Waals surface area contributed by atoms with Crippen LogP contribution in [0.15, 0.2) is 54.7 Å². The van der Waals surface area contributed by atoms with Crippen LogP contribution in [0, 0.1) is 0 Å². The molecule has 3 rings (SSSR count). The van der Waals surface area contributed by atoms with Crippen LogP contribution >= 0.6 is 0 Å². The van der Waals surface area contributed by atoms with Crippen LogP contribution in [-0.2, 0) is 10.2 Å². The summed E-state index contributed by atoms with van der Waals surface area (Å²) in [5.41, 5.74) is 1.23. The quantitative estimate of drug-likeness (QED) is 0.660. The first-order valence-corrected chi connectivity index (χ1v) is 8.52. The fraction of sp³-hybridized carbons (Fsp3) is 0.0625. The number of para-hydroxylation sites is 3. The predicted octanol–water partition coefficient (Wildman–Crippen LogP) is 2.26. The lowest BCUT2D eigenvalue weighted by atomic mass is 10.2. The van der Waals surface area contributed by atoms with Crippen molar-refractivity contribution in [1.29, 1.82) is 0 Å². The van der Waals surface area contributed by atoms with Crippen molar-refractivity contribution in [2.75, 3.05) is 11.8 Å². The molecule has 0 atom stereocenters. The number of methoxy groups -OCH3 is 1. The second-order valence-corrected chi connectivity index (χ2v) is 6.40. The van der Waals surface area contributed by atoms with Gasteiger partial charge in [-0.1, -0.05) is 30.3 Å². The summed E-state index contributed by atoms with van der Waals surface area (Å²) in [6.07, 6.45) is 1.47. The Balaban J connectivity index is 1.83. The van der Waals surface area contributed by atoms with Gasteiger partial charge in [0, 0.05) is 17.1 Å². The molecule has 0 aliphatic rings. The zero-order valence-electron chi connectivity index (χ0n) is 12.7. The van der Waals surface area contributed by atoms with Gasteiger partial charge in [0.25, 0.3) is 5.91 Å². The standard InChI is InChI=1S/C16H15N3O4S/c1-23-15-9-5-4-8-14(15)18-24(21,22)19-16(20)12-10-17-13-7-3-2-6-11(12)13/h2-10,17-18H,1H3,(H,19,20). The second kappa shape index (κ2) is 6.25. The fourth-order valence-corrected chi connectivity index (χ4v) is 3.20. The van der Waals surface area contributed by atoms with Gasteiger partial charge in [-0.05, 0) is 18.2 Å². The number of carbonyl (C=O) groups excluding carboxylic acids is 1. The largest absolute Gasteiger partial charge is 0.495 e. The van der Waals surface area contributed by atoms with Crippen molar-refractivity contribution in [2.45, 2.75) is 0 Å². The molecule has 1 heterocycles. The number of hydrogen-bond acceptors (Lipinski definition) is 4. The van der Waals surface area contributed by atoms with Gasteiger partial charge in [0.1, 0.15) is 5.75 Å². The van der Waals surface area contributed by atoms with Crippen molar-refractivity contribution in [2.24, 2.45) is 0 Å². The predicted molar refractivity (Wildman–Crippen MR) is 91.3 cm³/mol. The second-order valence-electron chi connectivity index (χ2n) is 4.98. The highest BCUT2D eigenvalue weighted by molar-refractivity contribution is 7.91. The molecule has 2 aromatic carbocycles. The summed E-state index contributed by atoms with van der Waals surface area (Å²) in [5.74, 6) is -0.378. The molecule has 8 heteroatoms. The number of hydrogen-bond donors (Lipinski definition) is 3. The number of anilines is 1. The topological polar surface area (TPSA) is 100 Å². The van der Waals surface area contributed by atoms with Gasteiger partial charge in [0.2, 0.25) is 0 Å². The Morgan fingerprint density at radius 3 is 2.58 bits per heavy atom. The van der Waals surface area contributed by atoms with Crippen LogP contribution in [0.2, 0.25) is 0 Å². The van der Waals surface area contributed by atoms with Crippen molar-refractivity contribution in [3.05, 3.63) is 60.3 Å². The van der Waals surface area contributed by atoms with Crippen molar-refractivity contribution < 1.29 is 17.9 Å². The Morgan fingerprint density at radius 1 is 1.08 bits per heavy atom.